The van der Waals surface area contributed by atoms with Gasteiger partial charge < -0.3 is 14.4 Å². The van der Waals surface area contributed by atoms with Crippen LogP contribution in [0.2, 0.25) is 10.0 Å². The Labute approximate surface area is 216 Å². The number of hydrogen-bond donors (Lipinski definition) is 0. The number of rotatable bonds is 8. The molecule has 0 radical (unpaired) electrons. The zero-order chi connectivity index (χ0) is 24.4. The van der Waals surface area contributed by atoms with Crippen molar-refractivity contribution in [2.24, 2.45) is 0 Å². The van der Waals surface area contributed by atoms with Crippen molar-refractivity contribution in [3.63, 3.8) is 0 Å². The maximum Gasteiger partial charge on any atom is 0.137 e. The predicted octanol–water partition coefficient (Wildman–Crippen LogP) is 4.88. The van der Waals surface area contributed by atoms with Crippen molar-refractivity contribution in [1.29, 1.82) is 0 Å². The average Bonchev–Trinajstić information content (AvgIpc) is 3.34. The fourth-order valence-electron chi connectivity index (χ4n) is 5.00. The van der Waals surface area contributed by atoms with Crippen molar-refractivity contribution in [2.75, 3.05) is 37.7 Å². The molecule has 9 heteroatoms. The molecule has 2 fully saturated rings. The maximum atomic E-state index is 6.54. The van der Waals surface area contributed by atoms with E-state index in [2.05, 4.69) is 45.9 Å². The number of nitrogens with zero attached hydrogens (tertiary/aromatic N) is 5. The van der Waals surface area contributed by atoms with Crippen LogP contribution in [0.1, 0.15) is 25.8 Å². The van der Waals surface area contributed by atoms with E-state index >= 15 is 0 Å². The van der Waals surface area contributed by atoms with Gasteiger partial charge in [0.15, 0.2) is 0 Å². The van der Waals surface area contributed by atoms with Gasteiger partial charge in [-0.2, -0.15) is 5.10 Å². The summed E-state index contributed by atoms with van der Waals surface area (Å²) in [5.41, 5.74) is 1.55. The second-order valence-electron chi connectivity index (χ2n) is 9.58. The van der Waals surface area contributed by atoms with Crippen LogP contribution in [0.4, 0.5) is 5.69 Å². The molecule has 0 bridgehead atoms. The SMILES string of the molecule is CC(C)N1CCN(c2ccc(OC[C@@H]3C[C@@](Cn4cncn4)(c4ccc(Cl)cc4Cl)O3)cc2)CC1. The first kappa shape index (κ1) is 24.4. The first-order valence-corrected chi connectivity index (χ1v) is 12.8. The normalized spacial score (nSPS) is 22.9. The van der Waals surface area contributed by atoms with Crippen LogP contribution in [0.15, 0.2) is 55.1 Å². The lowest BCUT2D eigenvalue weighted by molar-refractivity contribution is -0.230. The third-order valence-corrected chi connectivity index (χ3v) is 7.49. The Morgan fingerprint density at radius 3 is 2.46 bits per heavy atom. The molecular weight excluding hydrogens is 485 g/mol. The van der Waals surface area contributed by atoms with Gasteiger partial charge >= 0.3 is 0 Å². The van der Waals surface area contributed by atoms with Gasteiger partial charge in [-0.3, -0.25) is 4.90 Å². The molecule has 0 spiro atoms. The molecule has 0 N–H and O–H groups in total. The van der Waals surface area contributed by atoms with Crippen molar-refractivity contribution in [3.8, 4) is 5.75 Å². The molecule has 0 amide bonds. The van der Waals surface area contributed by atoms with Gasteiger partial charge in [0.2, 0.25) is 0 Å². The summed E-state index contributed by atoms with van der Waals surface area (Å²) < 4.78 is 14.3. The molecule has 5 rings (SSSR count). The Kier molecular flexibility index (Phi) is 7.21. The molecule has 0 unspecified atom stereocenters. The van der Waals surface area contributed by atoms with Crippen LogP contribution in [0.5, 0.6) is 5.75 Å². The number of anilines is 1. The van der Waals surface area contributed by atoms with Gasteiger partial charge in [-0.15, -0.1) is 0 Å². The molecule has 2 atom stereocenters. The van der Waals surface area contributed by atoms with E-state index in [1.165, 1.54) is 12.0 Å². The Morgan fingerprint density at radius 2 is 1.83 bits per heavy atom. The summed E-state index contributed by atoms with van der Waals surface area (Å²) in [6.07, 6.45) is 3.91. The van der Waals surface area contributed by atoms with Crippen molar-refractivity contribution in [1.82, 2.24) is 19.7 Å². The highest BCUT2D eigenvalue weighted by Gasteiger charge is 2.49. The lowest BCUT2D eigenvalue weighted by atomic mass is 9.82. The molecule has 2 aliphatic rings. The van der Waals surface area contributed by atoms with E-state index in [0.717, 1.165) is 43.9 Å². The summed E-state index contributed by atoms with van der Waals surface area (Å²) in [6.45, 7) is 9.81. The van der Waals surface area contributed by atoms with Crippen LogP contribution >= 0.6 is 23.2 Å². The van der Waals surface area contributed by atoms with Gasteiger partial charge in [0, 0.05) is 59.9 Å². The van der Waals surface area contributed by atoms with E-state index in [1.807, 2.05) is 24.3 Å². The van der Waals surface area contributed by atoms with Gasteiger partial charge in [-0.05, 0) is 50.2 Å². The lowest BCUT2D eigenvalue weighted by Crippen LogP contribution is -2.53. The third kappa shape index (κ3) is 5.43. The minimum absolute atomic E-state index is 0.0472. The lowest BCUT2D eigenvalue weighted by Gasteiger charge is -2.48. The molecular formula is C26H31Cl2N5O2. The molecule has 35 heavy (non-hydrogen) atoms. The standard InChI is InChI=1S/C26H31Cl2N5O2/c1-19(2)31-9-11-32(12-10-31)21-4-6-22(7-5-21)34-15-23-14-26(35-23,16-33-18-29-17-30-33)24-8-3-20(27)13-25(24)28/h3-8,13,17-19,23H,9-12,14-16H2,1-2H3/t23-,26+/m0/s1. The van der Waals surface area contributed by atoms with E-state index < -0.39 is 5.60 Å². The number of halogens is 2. The van der Waals surface area contributed by atoms with Gasteiger partial charge in [-0.1, -0.05) is 29.3 Å². The second-order valence-corrected chi connectivity index (χ2v) is 10.4. The summed E-state index contributed by atoms with van der Waals surface area (Å²) in [5.74, 6) is 0.844. The Morgan fingerprint density at radius 1 is 1.09 bits per heavy atom. The van der Waals surface area contributed by atoms with E-state index in [9.17, 15) is 0 Å². The molecule has 7 nitrogen and oxygen atoms in total. The molecule has 3 heterocycles. The van der Waals surface area contributed by atoms with Crippen LogP contribution in [0.25, 0.3) is 0 Å². The monoisotopic (exact) mass is 515 g/mol. The zero-order valence-electron chi connectivity index (χ0n) is 20.1. The summed E-state index contributed by atoms with van der Waals surface area (Å²) in [7, 11) is 0. The molecule has 1 aromatic heterocycles. The van der Waals surface area contributed by atoms with Crippen molar-refractivity contribution in [2.45, 2.75) is 44.6 Å². The average molecular weight is 516 g/mol. The number of benzene rings is 2. The van der Waals surface area contributed by atoms with E-state index in [-0.39, 0.29) is 6.10 Å². The summed E-state index contributed by atoms with van der Waals surface area (Å²) in [5, 5.41) is 5.43. The first-order chi connectivity index (χ1) is 16.9. The molecule has 0 aliphatic carbocycles. The molecule has 2 saturated heterocycles. The largest absolute Gasteiger partial charge is 0.491 e. The minimum atomic E-state index is -0.592. The third-order valence-electron chi connectivity index (χ3n) is 6.94. The highest BCUT2D eigenvalue weighted by Crippen LogP contribution is 2.46. The van der Waals surface area contributed by atoms with Crippen LogP contribution < -0.4 is 9.64 Å². The van der Waals surface area contributed by atoms with Gasteiger partial charge in [0.25, 0.3) is 0 Å². The molecule has 2 aromatic carbocycles. The number of hydrogen-bond acceptors (Lipinski definition) is 6. The summed E-state index contributed by atoms with van der Waals surface area (Å²) in [6, 6.07) is 14.5. The highest BCUT2D eigenvalue weighted by atomic mass is 35.5. The van der Waals surface area contributed by atoms with E-state index in [0.29, 0.717) is 29.2 Å². The molecule has 186 valence electrons. The smallest absolute Gasteiger partial charge is 0.137 e. The molecule has 3 aromatic rings. The van der Waals surface area contributed by atoms with Crippen LogP contribution in [0, 0.1) is 0 Å². The topological polar surface area (TPSA) is 55.7 Å². The van der Waals surface area contributed by atoms with Crippen molar-refractivity contribution >= 4 is 28.9 Å². The van der Waals surface area contributed by atoms with Crippen LogP contribution in [-0.2, 0) is 16.9 Å². The van der Waals surface area contributed by atoms with E-state index in [1.54, 1.807) is 17.1 Å². The summed E-state index contributed by atoms with van der Waals surface area (Å²) >= 11 is 12.7. The second kappa shape index (κ2) is 10.3. The number of aromatic nitrogens is 3. The summed E-state index contributed by atoms with van der Waals surface area (Å²) in [4.78, 5) is 9.01. The molecule has 2 aliphatic heterocycles. The first-order valence-electron chi connectivity index (χ1n) is 12.1. The van der Waals surface area contributed by atoms with Crippen molar-refractivity contribution < 1.29 is 9.47 Å². The fraction of sp³-hybridized carbons (Fsp3) is 0.462. The number of ether oxygens (including phenoxy) is 2. The van der Waals surface area contributed by atoms with Crippen LogP contribution in [-0.4, -0.2) is 64.6 Å². The maximum absolute atomic E-state index is 6.54. The van der Waals surface area contributed by atoms with Crippen LogP contribution in [0.3, 0.4) is 0 Å². The Hall–Kier alpha value is -2.32. The minimum Gasteiger partial charge on any atom is -0.491 e. The zero-order valence-corrected chi connectivity index (χ0v) is 21.6. The quantitative estimate of drug-likeness (QED) is 0.426. The van der Waals surface area contributed by atoms with Gasteiger partial charge in [0.1, 0.15) is 30.6 Å². The molecule has 0 saturated carbocycles. The van der Waals surface area contributed by atoms with Crippen molar-refractivity contribution in [3.05, 3.63) is 70.7 Å². The number of piperazine rings is 1. The highest BCUT2D eigenvalue weighted by molar-refractivity contribution is 6.35. The predicted molar refractivity (Wildman–Crippen MR) is 139 cm³/mol. The van der Waals surface area contributed by atoms with Gasteiger partial charge in [-0.25, -0.2) is 9.67 Å². The fourth-order valence-corrected chi connectivity index (χ4v) is 5.59. The Bertz CT molecular complexity index is 1110. The van der Waals surface area contributed by atoms with E-state index in [4.69, 9.17) is 32.7 Å². The van der Waals surface area contributed by atoms with Gasteiger partial charge in [0.05, 0.1) is 12.6 Å². The Balaban J connectivity index is 1.18.